The highest BCUT2D eigenvalue weighted by Crippen LogP contribution is 2.17. The first-order chi connectivity index (χ1) is 9.78. The molecule has 2 atom stereocenters. The Bertz CT molecular complexity index is 481. The van der Waals surface area contributed by atoms with E-state index in [1.165, 1.54) is 12.1 Å². The molecule has 0 fully saturated rings. The fraction of sp³-hybridized carbons (Fsp3) is 0.588. The van der Waals surface area contributed by atoms with Gasteiger partial charge in [-0.05, 0) is 43.4 Å². The van der Waals surface area contributed by atoms with E-state index in [1.54, 1.807) is 6.07 Å². The monoisotopic (exact) mass is 330 g/mol. The number of carbonyl (C=O) groups excluding carboxylic acids is 1. The first-order valence-corrected chi connectivity index (χ1v) is 7.55. The van der Waals surface area contributed by atoms with E-state index in [1.807, 2.05) is 33.8 Å². The van der Waals surface area contributed by atoms with Crippen LogP contribution in [0.25, 0.3) is 0 Å². The lowest BCUT2D eigenvalue weighted by molar-refractivity contribution is -0.126. The molecule has 22 heavy (non-hydrogen) atoms. The van der Waals surface area contributed by atoms with E-state index in [4.69, 9.17) is 5.73 Å². The van der Waals surface area contributed by atoms with Crippen molar-refractivity contribution in [3.05, 3.63) is 35.6 Å². The molecule has 1 amide bonds. The summed E-state index contributed by atoms with van der Waals surface area (Å²) in [5.74, 6) is -0.0899. The number of carbonyl (C=O) groups is 1. The first-order valence-electron chi connectivity index (χ1n) is 7.55. The lowest BCUT2D eigenvalue weighted by atomic mass is 9.87. The van der Waals surface area contributed by atoms with Crippen molar-refractivity contribution in [2.24, 2.45) is 17.6 Å². The molecule has 0 radical (unpaired) electrons. The topological polar surface area (TPSA) is 55.1 Å². The van der Waals surface area contributed by atoms with Crippen molar-refractivity contribution < 1.29 is 9.18 Å². The van der Waals surface area contributed by atoms with Gasteiger partial charge in [0.05, 0.1) is 5.54 Å². The number of benzene rings is 1. The van der Waals surface area contributed by atoms with Gasteiger partial charge in [0.2, 0.25) is 5.91 Å². The van der Waals surface area contributed by atoms with Crippen LogP contribution in [-0.2, 0) is 11.2 Å². The molecule has 0 saturated heterocycles. The Kier molecular flexibility index (Phi) is 8.64. The second kappa shape index (κ2) is 9.11. The normalized spacial score (nSPS) is 14.9. The predicted octanol–water partition coefficient (Wildman–Crippen LogP) is 3.31. The molecule has 126 valence electrons. The van der Waals surface area contributed by atoms with Crippen LogP contribution in [0.3, 0.4) is 0 Å². The summed E-state index contributed by atoms with van der Waals surface area (Å²) in [5, 5.41) is 3.05. The Morgan fingerprint density at radius 1 is 1.36 bits per heavy atom. The predicted molar refractivity (Wildman–Crippen MR) is 91.6 cm³/mol. The lowest BCUT2D eigenvalue weighted by Gasteiger charge is -2.34. The van der Waals surface area contributed by atoms with Gasteiger partial charge in [-0.3, -0.25) is 4.79 Å². The molecule has 0 aliphatic heterocycles. The summed E-state index contributed by atoms with van der Waals surface area (Å²) in [6.45, 7) is 8.36. The highest BCUT2D eigenvalue weighted by molar-refractivity contribution is 5.85. The highest BCUT2D eigenvalue weighted by Gasteiger charge is 2.29. The van der Waals surface area contributed by atoms with E-state index < -0.39 is 0 Å². The number of amides is 1. The number of nitrogens with one attached hydrogen (secondary N) is 1. The van der Waals surface area contributed by atoms with Crippen LogP contribution in [0.4, 0.5) is 4.39 Å². The largest absolute Gasteiger partial charge is 0.349 e. The molecule has 0 bridgehead atoms. The van der Waals surface area contributed by atoms with Crippen LogP contribution in [0.2, 0.25) is 0 Å². The maximum Gasteiger partial charge on any atom is 0.223 e. The number of hydrogen-bond donors (Lipinski definition) is 2. The molecule has 0 aromatic heterocycles. The number of hydrogen-bond acceptors (Lipinski definition) is 2. The van der Waals surface area contributed by atoms with Gasteiger partial charge in [-0.2, -0.15) is 0 Å². The SMILES string of the molecule is CC(CCc1cccc(F)c1)C(=O)NC(C)(CN)C(C)C.Cl. The summed E-state index contributed by atoms with van der Waals surface area (Å²) in [6.07, 6.45) is 1.38. The van der Waals surface area contributed by atoms with Gasteiger partial charge in [0.15, 0.2) is 0 Å². The van der Waals surface area contributed by atoms with E-state index in [0.717, 1.165) is 5.56 Å². The van der Waals surface area contributed by atoms with Crippen molar-refractivity contribution in [3.63, 3.8) is 0 Å². The number of halogens is 2. The number of nitrogens with two attached hydrogens (primary N) is 1. The highest BCUT2D eigenvalue weighted by atomic mass is 35.5. The Hall–Kier alpha value is -1.13. The lowest BCUT2D eigenvalue weighted by Crippen LogP contribution is -2.56. The van der Waals surface area contributed by atoms with Gasteiger partial charge in [0.25, 0.3) is 0 Å². The molecule has 0 heterocycles. The van der Waals surface area contributed by atoms with Crippen LogP contribution in [0.1, 0.15) is 39.7 Å². The van der Waals surface area contributed by atoms with Crippen LogP contribution < -0.4 is 11.1 Å². The number of rotatable bonds is 7. The maximum absolute atomic E-state index is 13.1. The van der Waals surface area contributed by atoms with Gasteiger partial charge in [-0.25, -0.2) is 4.39 Å². The van der Waals surface area contributed by atoms with Gasteiger partial charge in [-0.15, -0.1) is 12.4 Å². The summed E-state index contributed by atoms with van der Waals surface area (Å²) in [6, 6.07) is 6.52. The molecule has 1 rings (SSSR count). The van der Waals surface area contributed by atoms with Gasteiger partial charge < -0.3 is 11.1 Å². The minimum absolute atomic E-state index is 0. The van der Waals surface area contributed by atoms with E-state index in [9.17, 15) is 9.18 Å². The molecule has 0 spiro atoms. The van der Waals surface area contributed by atoms with Crippen LogP contribution in [0, 0.1) is 17.7 Å². The molecule has 0 aliphatic rings. The summed E-state index contributed by atoms with van der Waals surface area (Å²) < 4.78 is 13.1. The van der Waals surface area contributed by atoms with Crippen molar-refractivity contribution in [1.82, 2.24) is 5.32 Å². The average Bonchev–Trinajstić information content (AvgIpc) is 2.44. The van der Waals surface area contributed by atoms with Crippen LogP contribution in [-0.4, -0.2) is 18.0 Å². The molecular formula is C17H28ClFN2O. The molecule has 1 aromatic carbocycles. The summed E-state index contributed by atoms with van der Waals surface area (Å²) in [5.41, 5.74) is 6.31. The quantitative estimate of drug-likeness (QED) is 0.806. The van der Waals surface area contributed by atoms with Crippen molar-refractivity contribution in [2.45, 2.75) is 46.1 Å². The van der Waals surface area contributed by atoms with E-state index >= 15 is 0 Å². The zero-order valence-corrected chi connectivity index (χ0v) is 14.7. The molecule has 0 saturated carbocycles. The Morgan fingerprint density at radius 2 is 2.00 bits per heavy atom. The van der Waals surface area contributed by atoms with E-state index in [0.29, 0.717) is 19.4 Å². The van der Waals surface area contributed by atoms with E-state index in [-0.39, 0.29) is 41.5 Å². The third-order valence-electron chi connectivity index (χ3n) is 4.31. The molecule has 3 nitrogen and oxygen atoms in total. The maximum atomic E-state index is 13.1. The van der Waals surface area contributed by atoms with Gasteiger partial charge >= 0.3 is 0 Å². The van der Waals surface area contributed by atoms with Crippen molar-refractivity contribution in [1.29, 1.82) is 0 Å². The Balaban J connectivity index is 0.00000441. The minimum Gasteiger partial charge on any atom is -0.349 e. The number of aryl methyl sites for hydroxylation is 1. The third-order valence-corrected chi connectivity index (χ3v) is 4.31. The second-order valence-electron chi connectivity index (χ2n) is 6.34. The first kappa shape index (κ1) is 20.9. The fourth-order valence-corrected chi connectivity index (χ4v) is 2.04. The summed E-state index contributed by atoms with van der Waals surface area (Å²) >= 11 is 0. The molecule has 5 heteroatoms. The Labute approximate surface area is 139 Å². The smallest absolute Gasteiger partial charge is 0.223 e. The van der Waals surface area contributed by atoms with Gasteiger partial charge in [0.1, 0.15) is 5.82 Å². The second-order valence-corrected chi connectivity index (χ2v) is 6.34. The molecule has 2 unspecified atom stereocenters. The van der Waals surface area contributed by atoms with E-state index in [2.05, 4.69) is 5.32 Å². The van der Waals surface area contributed by atoms with Crippen LogP contribution in [0.15, 0.2) is 24.3 Å². The zero-order valence-electron chi connectivity index (χ0n) is 13.9. The molecular weight excluding hydrogens is 303 g/mol. The minimum atomic E-state index is -0.385. The standard InChI is InChI=1S/C17H27FN2O.ClH/c1-12(2)17(4,11-19)20-16(21)13(3)8-9-14-6-5-7-15(18)10-14;/h5-7,10,12-13H,8-9,11,19H2,1-4H3,(H,20,21);1H. The molecule has 1 aromatic rings. The van der Waals surface area contributed by atoms with Crippen molar-refractivity contribution in [3.8, 4) is 0 Å². The third kappa shape index (κ3) is 5.93. The molecule has 3 N–H and O–H groups in total. The van der Waals surface area contributed by atoms with Gasteiger partial charge in [-0.1, -0.05) is 32.9 Å². The van der Waals surface area contributed by atoms with Crippen LogP contribution >= 0.6 is 12.4 Å². The summed E-state index contributed by atoms with van der Waals surface area (Å²) in [4.78, 5) is 12.3. The summed E-state index contributed by atoms with van der Waals surface area (Å²) in [7, 11) is 0. The zero-order chi connectivity index (χ0) is 16.0. The van der Waals surface area contributed by atoms with Gasteiger partial charge in [0, 0.05) is 12.5 Å². The van der Waals surface area contributed by atoms with Crippen molar-refractivity contribution in [2.75, 3.05) is 6.54 Å². The fourth-order valence-electron chi connectivity index (χ4n) is 2.04. The Morgan fingerprint density at radius 3 is 2.50 bits per heavy atom. The molecule has 0 aliphatic carbocycles. The van der Waals surface area contributed by atoms with Crippen LogP contribution in [0.5, 0.6) is 0 Å². The average molecular weight is 331 g/mol. The van der Waals surface area contributed by atoms with Crippen molar-refractivity contribution >= 4 is 18.3 Å².